The molecule has 21 heavy (non-hydrogen) atoms. The van der Waals surface area contributed by atoms with Crippen molar-refractivity contribution in [1.29, 1.82) is 0 Å². The number of halogens is 3. The van der Waals surface area contributed by atoms with Gasteiger partial charge in [-0.05, 0) is 12.8 Å². The molecule has 1 fully saturated rings. The van der Waals surface area contributed by atoms with Crippen LogP contribution in [0.25, 0.3) is 0 Å². The lowest BCUT2D eigenvalue weighted by molar-refractivity contribution is -0.122. The fourth-order valence-corrected chi connectivity index (χ4v) is 4.19. The summed E-state index contributed by atoms with van der Waals surface area (Å²) in [6.07, 6.45) is 2.64. The molecule has 2 N–H and O–H groups in total. The summed E-state index contributed by atoms with van der Waals surface area (Å²) in [6.45, 7) is 2.05. The lowest BCUT2D eigenvalue weighted by atomic mass is 10.2. The van der Waals surface area contributed by atoms with Crippen molar-refractivity contribution in [3.05, 3.63) is 0 Å². The number of nitrogens with one attached hydrogen (secondary N) is 2. The van der Waals surface area contributed by atoms with E-state index in [1.54, 1.807) is 0 Å². The maximum absolute atomic E-state index is 11.8. The van der Waals surface area contributed by atoms with E-state index < -0.39 is 19.8 Å². The molecule has 0 aliphatic carbocycles. The van der Waals surface area contributed by atoms with E-state index in [1.165, 1.54) is 0 Å². The maximum Gasteiger partial charge on any atom is 0.223 e. The molecule has 124 valence electrons. The Balaban J connectivity index is 2.55. The largest absolute Gasteiger partial charge is 0.337 e. The van der Waals surface area contributed by atoms with Gasteiger partial charge in [0.15, 0.2) is 9.84 Å². The van der Waals surface area contributed by atoms with Crippen molar-refractivity contribution < 1.29 is 13.2 Å². The maximum atomic E-state index is 11.8. The Labute approximate surface area is 141 Å². The van der Waals surface area contributed by atoms with Gasteiger partial charge in [0.25, 0.3) is 0 Å². The van der Waals surface area contributed by atoms with Gasteiger partial charge < -0.3 is 5.32 Å². The fraction of sp³-hybridized carbons (Fsp3) is 0.917. The van der Waals surface area contributed by atoms with Gasteiger partial charge in [0.1, 0.15) is 6.17 Å². The van der Waals surface area contributed by atoms with Gasteiger partial charge in [-0.15, -0.1) is 0 Å². The van der Waals surface area contributed by atoms with Crippen molar-refractivity contribution >= 4 is 50.5 Å². The molecule has 1 saturated heterocycles. The first kappa shape index (κ1) is 19.3. The Bertz CT molecular complexity index is 451. The monoisotopic (exact) mass is 378 g/mol. The molecule has 5 nitrogen and oxygen atoms in total. The number of hydrogen-bond acceptors (Lipinski definition) is 4. The first-order valence-electron chi connectivity index (χ1n) is 6.96. The second-order valence-corrected chi connectivity index (χ2v) is 9.86. The molecule has 0 aromatic carbocycles. The summed E-state index contributed by atoms with van der Waals surface area (Å²) in [5.74, 6) is -0.106. The quantitative estimate of drug-likeness (QED) is 0.404. The van der Waals surface area contributed by atoms with Gasteiger partial charge in [-0.1, -0.05) is 54.6 Å². The molecule has 0 unspecified atom stereocenters. The first-order valence-corrected chi connectivity index (χ1v) is 9.92. The Kier molecular flexibility index (Phi) is 7.54. The topological polar surface area (TPSA) is 75.3 Å². The average molecular weight is 380 g/mol. The standard InChI is InChI=1S/C12H21Cl3N2O3S/c1-2-3-4-5-10(18)17-11(12(13,14)15)16-9-6-7-21(19,20)8-9/h9,11,16H,2-8H2,1H3,(H,17,18)/t9-,11-/m0/s1. The molecule has 1 aliphatic rings. The summed E-state index contributed by atoms with van der Waals surface area (Å²) in [6, 6.07) is -0.313. The molecule has 0 aromatic heterocycles. The number of carbonyl (C=O) groups excluding carboxylic acids is 1. The van der Waals surface area contributed by atoms with Crippen LogP contribution in [-0.2, 0) is 14.6 Å². The van der Waals surface area contributed by atoms with Gasteiger partial charge >= 0.3 is 0 Å². The van der Waals surface area contributed by atoms with Crippen LogP contribution in [0.15, 0.2) is 0 Å². The van der Waals surface area contributed by atoms with Gasteiger partial charge in [-0.2, -0.15) is 0 Å². The molecule has 0 saturated carbocycles. The third kappa shape index (κ3) is 7.37. The zero-order valence-electron chi connectivity index (χ0n) is 11.9. The predicted molar refractivity (Wildman–Crippen MR) is 86.6 cm³/mol. The van der Waals surface area contributed by atoms with Crippen LogP contribution in [0.1, 0.15) is 39.0 Å². The molecule has 0 bridgehead atoms. The molecule has 9 heteroatoms. The molecule has 0 spiro atoms. The molecule has 1 amide bonds. The van der Waals surface area contributed by atoms with E-state index >= 15 is 0 Å². The second kappa shape index (κ2) is 8.20. The normalized spacial score (nSPS) is 23.0. The van der Waals surface area contributed by atoms with Crippen LogP contribution in [0.2, 0.25) is 0 Å². The van der Waals surface area contributed by atoms with Crippen molar-refractivity contribution in [3.8, 4) is 0 Å². The molecule has 1 rings (SSSR count). The van der Waals surface area contributed by atoms with Gasteiger partial charge in [0.05, 0.1) is 11.5 Å². The van der Waals surface area contributed by atoms with Crippen molar-refractivity contribution in [2.45, 2.75) is 55.0 Å². The summed E-state index contributed by atoms with van der Waals surface area (Å²) >= 11 is 17.6. The van der Waals surface area contributed by atoms with Crippen LogP contribution in [0.5, 0.6) is 0 Å². The Morgan fingerprint density at radius 1 is 1.33 bits per heavy atom. The van der Waals surface area contributed by atoms with Crippen molar-refractivity contribution in [2.75, 3.05) is 11.5 Å². The molecule has 1 aliphatic heterocycles. The number of unbranched alkanes of at least 4 members (excludes halogenated alkanes) is 2. The van der Waals surface area contributed by atoms with Gasteiger partial charge in [0, 0.05) is 12.5 Å². The van der Waals surface area contributed by atoms with E-state index in [1.807, 2.05) is 6.92 Å². The number of sulfone groups is 1. The molecule has 0 radical (unpaired) electrons. The molecule has 2 atom stereocenters. The van der Waals surface area contributed by atoms with E-state index in [0.29, 0.717) is 12.8 Å². The highest BCUT2D eigenvalue weighted by Gasteiger charge is 2.38. The van der Waals surface area contributed by atoms with E-state index in [4.69, 9.17) is 34.8 Å². The SMILES string of the molecule is CCCCCC(=O)N[C@H](N[C@H]1CCS(=O)(=O)C1)C(Cl)(Cl)Cl. The van der Waals surface area contributed by atoms with Crippen LogP contribution >= 0.6 is 34.8 Å². The van der Waals surface area contributed by atoms with Gasteiger partial charge in [-0.3, -0.25) is 10.1 Å². The van der Waals surface area contributed by atoms with Gasteiger partial charge in [0.2, 0.25) is 9.70 Å². The Morgan fingerprint density at radius 2 is 2.00 bits per heavy atom. The highest BCUT2D eigenvalue weighted by Crippen LogP contribution is 2.30. The number of rotatable bonds is 7. The van der Waals surface area contributed by atoms with E-state index in [9.17, 15) is 13.2 Å². The number of alkyl halides is 3. The van der Waals surface area contributed by atoms with E-state index in [2.05, 4.69) is 10.6 Å². The third-order valence-corrected chi connectivity index (χ3v) is 5.70. The average Bonchev–Trinajstić information content (AvgIpc) is 2.67. The predicted octanol–water partition coefficient (Wildman–Crippen LogP) is 2.16. The molecular weight excluding hydrogens is 359 g/mol. The number of hydrogen-bond donors (Lipinski definition) is 2. The summed E-state index contributed by atoms with van der Waals surface area (Å²) in [4.78, 5) is 11.8. The van der Waals surface area contributed by atoms with Crippen LogP contribution < -0.4 is 10.6 Å². The van der Waals surface area contributed by atoms with Gasteiger partial charge in [-0.25, -0.2) is 8.42 Å². The molecule has 1 heterocycles. The second-order valence-electron chi connectivity index (χ2n) is 5.27. The lowest BCUT2D eigenvalue weighted by Gasteiger charge is -2.29. The Hall–Kier alpha value is 0.250. The van der Waals surface area contributed by atoms with Crippen molar-refractivity contribution in [2.24, 2.45) is 0 Å². The third-order valence-electron chi connectivity index (χ3n) is 3.27. The van der Waals surface area contributed by atoms with Crippen LogP contribution in [0.4, 0.5) is 0 Å². The Morgan fingerprint density at radius 3 is 2.48 bits per heavy atom. The highest BCUT2D eigenvalue weighted by molar-refractivity contribution is 7.91. The van der Waals surface area contributed by atoms with Crippen molar-refractivity contribution in [3.63, 3.8) is 0 Å². The minimum Gasteiger partial charge on any atom is -0.337 e. The first-order chi connectivity index (χ1) is 9.64. The zero-order chi connectivity index (χ0) is 16.1. The molecule has 0 aromatic rings. The number of carbonyl (C=O) groups is 1. The highest BCUT2D eigenvalue weighted by atomic mass is 35.6. The van der Waals surface area contributed by atoms with Crippen LogP contribution in [0, 0.1) is 0 Å². The summed E-state index contributed by atoms with van der Waals surface area (Å²) in [7, 11) is -3.04. The number of amides is 1. The molecular formula is C12H21Cl3N2O3S. The van der Waals surface area contributed by atoms with Crippen LogP contribution in [0.3, 0.4) is 0 Å². The smallest absolute Gasteiger partial charge is 0.223 e. The summed E-state index contributed by atoms with van der Waals surface area (Å²) in [5.41, 5.74) is 0. The minimum atomic E-state index is -3.04. The lowest BCUT2D eigenvalue weighted by Crippen LogP contribution is -2.56. The van der Waals surface area contributed by atoms with Crippen LogP contribution in [-0.4, -0.2) is 41.8 Å². The summed E-state index contributed by atoms with van der Waals surface area (Å²) < 4.78 is 21.1. The van der Waals surface area contributed by atoms with E-state index in [0.717, 1.165) is 19.3 Å². The fourth-order valence-electron chi connectivity index (χ4n) is 2.15. The zero-order valence-corrected chi connectivity index (χ0v) is 15.0. The summed E-state index contributed by atoms with van der Waals surface area (Å²) in [5, 5.41) is 5.56. The minimum absolute atomic E-state index is 0.00402. The van der Waals surface area contributed by atoms with Crippen molar-refractivity contribution in [1.82, 2.24) is 10.6 Å². The van der Waals surface area contributed by atoms with E-state index in [-0.39, 0.29) is 23.5 Å².